The summed E-state index contributed by atoms with van der Waals surface area (Å²) in [5.41, 5.74) is 0.738. The van der Waals surface area contributed by atoms with Crippen LogP contribution in [0.5, 0.6) is 11.5 Å². The van der Waals surface area contributed by atoms with Crippen molar-refractivity contribution in [1.82, 2.24) is 0 Å². The quantitative estimate of drug-likeness (QED) is 0.835. The van der Waals surface area contributed by atoms with Gasteiger partial charge >= 0.3 is 0 Å². The smallest absolute Gasteiger partial charge is 0.188 e. The second kappa shape index (κ2) is 5.95. The molecule has 5 heteroatoms. The van der Waals surface area contributed by atoms with Gasteiger partial charge in [0, 0.05) is 11.6 Å². The lowest BCUT2D eigenvalue weighted by atomic mass is 10.2. The van der Waals surface area contributed by atoms with E-state index in [-0.39, 0.29) is 13.4 Å². The molecular formula is C10H13BrO4. The SMILES string of the molecule is COCOc1cc(CO)c(Br)cc1OC. The van der Waals surface area contributed by atoms with Crippen molar-refractivity contribution in [2.24, 2.45) is 0 Å². The fourth-order valence-corrected chi connectivity index (χ4v) is 1.54. The molecule has 0 saturated carbocycles. The molecule has 1 aromatic carbocycles. The van der Waals surface area contributed by atoms with E-state index in [1.54, 1.807) is 19.2 Å². The topological polar surface area (TPSA) is 47.9 Å². The maximum Gasteiger partial charge on any atom is 0.188 e. The van der Waals surface area contributed by atoms with Crippen LogP contribution in [0.1, 0.15) is 5.56 Å². The Kier molecular flexibility index (Phi) is 4.87. The van der Waals surface area contributed by atoms with Crippen molar-refractivity contribution in [3.05, 3.63) is 22.2 Å². The van der Waals surface area contributed by atoms with Gasteiger partial charge in [0.05, 0.1) is 13.7 Å². The first-order valence-electron chi connectivity index (χ1n) is 4.32. The van der Waals surface area contributed by atoms with Gasteiger partial charge < -0.3 is 19.3 Å². The van der Waals surface area contributed by atoms with Gasteiger partial charge in [0.2, 0.25) is 0 Å². The third kappa shape index (κ3) is 3.09. The highest BCUT2D eigenvalue weighted by Crippen LogP contribution is 2.33. The fourth-order valence-electron chi connectivity index (χ4n) is 1.09. The first-order valence-corrected chi connectivity index (χ1v) is 5.11. The molecule has 0 bridgehead atoms. The van der Waals surface area contributed by atoms with Crippen LogP contribution in [0.4, 0.5) is 0 Å². The zero-order chi connectivity index (χ0) is 11.3. The summed E-state index contributed by atoms with van der Waals surface area (Å²) in [4.78, 5) is 0. The van der Waals surface area contributed by atoms with Crippen LogP contribution in [-0.2, 0) is 11.3 Å². The monoisotopic (exact) mass is 276 g/mol. The van der Waals surface area contributed by atoms with Gasteiger partial charge in [-0.3, -0.25) is 0 Å². The third-order valence-electron chi connectivity index (χ3n) is 1.84. The second-order valence-corrected chi connectivity index (χ2v) is 3.66. The van der Waals surface area contributed by atoms with E-state index >= 15 is 0 Å². The molecule has 0 amide bonds. The van der Waals surface area contributed by atoms with Crippen LogP contribution < -0.4 is 9.47 Å². The molecule has 0 aliphatic carbocycles. The predicted molar refractivity (Wildman–Crippen MR) is 59.1 cm³/mol. The molecule has 4 nitrogen and oxygen atoms in total. The van der Waals surface area contributed by atoms with Crippen molar-refractivity contribution < 1.29 is 19.3 Å². The largest absolute Gasteiger partial charge is 0.493 e. The first kappa shape index (κ1) is 12.3. The Hall–Kier alpha value is -0.780. The molecule has 0 heterocycles. The number of rotatable bonds is 5. The molecule has 0 fully saturated rings. The first-order chi connectivity index (χ1) is 7.22. The van der Waals surface area contributed by atoms with Crippen molar-refractivity contribution in [3.8, 4) is 11.5 Å². The zero-order valence-corrected chi connectivity index (χ0v) is 10.2. The van der Waals surface area contributed by atoms with Crippen LogP contribution in [0.25, 0.3) is 0 Å². The Bertz CT molecular complexity index is 327. The van der Waals surface area contributed by atoms with Crippen molar-refractivity contribution in [2.75, 3.05) is 21.0 Å². The van der Waals surface area contributed by atoms with E-state index in [4.69, 9.17) is 19.3 Å². The van der Waals surface area contributed by atoms with Gasteiger partial charge in [-0.05, 0) is 17.7 Å². The lowest BCUT2D eigenvalue weighted by Gasteiger charge is -2.12. The van der Waals surface area contributed by atoms with E-state index in [0.29, 0.717) is 11.5 Å². The highest BCUT2D eigenvalue weighted by Gasteiger charge is 2.09. The van der Waals surface area contributed by atoms with E-state index in [9.17, 15) is 0 Å². The fraction of sp³-hybridized carbons (Fsp3) is 0.400. The number of halogens is 1. The van der Waals surface area contributed by atoms with Gasteiger partial charge in [0.15, 0.2) is 18.3 Å². The van der Waals surface area contributed by atoms with E-state index in [1.165, 1.54) is 7.11 Å². The maximum atomic E-state index is 9.07. The minimum Gasteiger partial charge on any atom is -0.493 e. The molecule has 0 saturated heterocycles. The van der Waals surface area contributed by atoms with E-state index in [1.807, 2.05) is 0 Å². The third-order valence-corrected chi connectivity index (χ3v) is 2.57. The minimum absolute atomic E-state index is 0.0616. The van der Waals surface area contributed by atoms with E-state index in [2.05, 4.69) is 15.9 Å². The summed E-state index contributed by atoms with van der Waals surface area (Å²) in [5, 5.41) is 9.07. The van der Waals surface area contributed by atoms with Gasteiger partial charge in [-0.1, -0.05) is 15.9 Å². The standard InChI is InChI=1S/C10H13BrO4/c1-13-6-15-10-3-7(5-12)8(11)4-9(10)14-2/h3-4,12H,5-6H2,1-2H3. The number of benzene rings is 1. The molecule has 0 radical (unpaired) electrons. The summed E-state index contributed by atoms with van der Waals surface area (Å²) < 4.78 is 16.0. The number of ether oxygens (including phenoxy) is 3. The molecule has 0 aliphatic rings. The van der Waals surface area contributed by atoms with Crippen molar-refractivity contribution in [3.63, 3.8) is 0 Å². The summed E-state index contributed by atoms with van der Waals surface area (Å²) >= 11 is 3.32. The molecule has 0 aromatic heterocycles. The lowest BCUT2D eigenvalue weighted by Crippen LogP contribution is -2.02. The van der Waals surface area contributed by atoms with Crippen LogP contribution in [0.15, 0.2) is 16.6 Å². The molecule has 1 N–H and O–H groups in total. The van der Waals surface area contributed by atoms with Crippen LogP contribution in [0.2, 0.25) is 0 Å². The number of aliphatic hydroxyl groups is 1. The van der Waals surface area contributed by atoms with E-state index < -0.39 is 0 Å². The highest BCUT2D eigenvalue weighted by atomic mass is 79.9. The molecule has 84 valence electrons. The molecule has 1 aromatic rings. The molecule has 0 unspecified atom stereocenters. The molecule has 0 atom stereocenters. The zero-order valence-electron chi connectivity index (χ0n) is 8.62. The summed E-state index contributed by atoms with van der Waals surface area (Å²) in [6, 6.07) is 3.46. The normalized spacial score (nSPS) is 10.1. The van der Waals surface area contributed by atoms with Crippen molar-refractivity contribution in [1.29, 1.82) is 0 Å². The number of hydrogen-bond donors (Lipinski definition) is 1. The molecule has 0 spiro atoms. The predicted octanol–water partition coefficient (Wildman–Crippen LogP) is 1.93. The molecule has 15 heavy (non-hydrogen) atoms. The van der Waals surface area contributed by atoms with Gasteiger partial charge in [-0.2, -0.15) is 0 Å². The summed E-state index contributed by atoms with van der Waals surface area (Å²) in [7, 11) is 3.10. The van der Waals surface area contributed by atoms with Gasteiger partial charge in [0.1, 0.15) is 0 Å². The van der Waals surface area contributed by atoms with Crippen LogP contribution >= 0.6 is 15.9 Å². The Balaban J connectivity index is 2.99. The van der Waals surface area contributed by atoms with Crippen LogP contribution in [0.3, 0.4) is 0 Å². The van der Waals surface area contributed by atoms with E-state index in [0.717, 1.165) is 10.0 Å². The Morgan fingerprint density at radius 3 is 2.53 bits per heavy atom. The van der Waals surface area contributed by atoms with Crippen molar-refractivity contribution in [2.45, 2.75) is 6.61 Å². The Morgan fingerprint density at radius 2 is 2.00 bits per heavy atom. The minimum atomic E-state index is -0.0616. The molecular weight excluding hydrogens is 264 g/mol. The Labute approximate surface area is 96.9 Å². The average Bonchev–Trinajstić information content (AvgIpc) is 2.26. The molecule has 0 aliphatic heterocycles. The highest BCUT2D eigenvalue weighted by molar-refractivity contribution is 9.10. The maximum absolute atomic E-state index is 9.07. The van der Waals surface area contributed by atoms with Crippen LogP contribution in [-0.4, -0.2) is 26.1 Å². The second-order valence-electron chi connectivity index (χ2n) is 2.80. The number of hydrogen-bond acceptors (Lipinski definition) is 4. The van der Waals surface area contributed by atoms with Gasteiger partial charge in [-0.15, -0.1) is 0 Å². The number of methoxy groups -OCH3 is 2. The average molecular weight is 277 g/mol. The Morgan fingerprint density at radius 1 is 1.27 bits per heavy atom. The summed E-state index contributed by atoms with van der Waals surface area (Å²) in [6.07, 6.45) is 0. The summed E-state index contributed by atoms with van der Waals surface area (Å²) in [5.74, 6) is 1.14. The number of aliphatic hydroxyl groups excluding tert-OH is 1. The van der Waals surface area contributed by atoms with Crippen LogP contribution in [0, 0.1) is 0 Å². The molecule has 1 rings (SSSR count). The lowest BCUT2D eigenvalue weighted by molar-refractivity contribution is 0.0490. The summed E-state index contributed by atoms with van der Waals surface area (Å²) in [6.45, 7) is 0.0801. The van der Waals surface area contributed by atoms with Gasteiger partial charge in [0.25, 0.3) is 0 Å². The van der Waals surface area contributed by atoms with Crippen molar-refractivity contribution >= 4 is 15.9 Å². The van der Waals surface area contributed by atoms with Gasteiger partial charge in [-0.25, -0.2) is 0 Å².